The second kappa shape index (κ2) is 6.52. The molecule has 1 unspecified atom stereocenters. The molecule has 98 valence electrons. The molecule has 1 fully saturated rings. The van der Waals surface area contributed by atoms with Crippen LogP contribution in [0.15, 0.2) is 30.3 Å². The smallest absolute Gasteiger partial charge is 0.221 e. The highest BCUT2D eigenvalue weighted by atomic mass is 16.3. The van der Waals surface area contributed by atoms with Crippen LogP contribution in [-0.4, -0.2) is 30.1 Å². The minimum absolute atomic E-state index is 0.0156. The number of aliphatic hydroxyl groups is 1. The van der Waals surface area contributed by atoms with Gasteiger partial charge in [-0.3, -0.25) is 4.79 Å². The third-order valence-electron chi connectivity index (χ3n) is 3.04. The third kappa shape index (κ3) is 4.47. The lowest BCUT2D eigenvalue weighted by Gasteiger charge is -2.12. The van der Waals surface area contributed by atoms with Crippen molar-refractivity contribution in [1.82, 2.24) is 10.6 Å². The molecule has 18 heavy (non-hydrogen) atoms. The van der Waals surface area contributed by atoms with E-state index in [4.69, 9.17) is 0 Å². The normalized spacial score (nSPS) is 16.3. The van der Waals surface area contributed by atoms with Gasteiger partial charge in [0.05, 0.1) is 6.10 Å². The summed E-state index contributed by atoms with van der Waals surface area (Å²) in [5.41, 5.74) is 0.828. The summed E-state index contributed by atoms with van der Waals surface area (Å²) in [7, 11) is 0. The lowest BCUT2D eigenvalue weighted by Crippen LogP contribution is -2.31. The highest BCUT2D eigenvalue weighted by Crippen LogP contribution is 2.18. The van der Waals surface area contributed by atoms with Crippen LogP contribution in [0, 0.1) is 0 Å². The summed E-state index contributed by atoms with van der Waals surface area (Å²) in [6, 6.07) is 9.99. The van der Waals surface area contributed by atoms with Crippen LogP contribution in [0.1, 0.15) is 30.9 Å². The van der Waals surface area contributed by atoms with Crippen molar-refractivity contribution in [3.63, 3.8) is 0 Å². The predicted octanol–water partition coefficient (Wildman–Crippen LogP) is 0.978. The van der Waals surface area contributed by atoms with Crippen LogP contribution < -0.4 is 10.6 Å². The molecule has 4 heteroatoms. The third-order valence-corrected chi connectivity index (χ3v) is 3.04. The van der Waals surface area contributed by atoms with Crippen LogP contribution in [0.4, 0.5) is 0 Å². The molecular formula is C14H20N2O2. The largest absolute Gasteiger partial charge is 0.387 e. The molecule has 4 nitrogen and oxygen atoms in total. The molecular weight excluding hydrogens is 228 g/mol. The molecule has 0 heterocycles. The Hall–Kier alpha value is -1.39. The minimum Gasteiger partial charge on any atom is -0.387 e. The molecule has 1 atom stereocenters. The van der Waals surface area contributed by atoms with Crippen molar-refractivity contribution in [1.29, 1.82) is 0 Å². The standard InChI is InChI=1S/C14H20N2O2/c17-13(11-4-2-1-3-5-11)10-16-14(18)8-9-15-12-6-7-12/h1-5,12-13,15,17H,6-10H2,(H,16,18). The zero-order chi connectivity index (χ0) is 12.8. The summed E-state index contributed by atoms with van der Waals surface area (Å²) in [4.78, 5) is 11.5. The van der Waals surface area contributed by atoms with Gasteiger partial charge in [-0.15, -0.1) is 0 Å². The number of benzene rings is 1. The fourth-order valence-corrected chi connectivity index (χ4v) is 1.77. The van der Waals surface area contributed by atoms with E-state index in [0.29, 0.717) is 12.5 Å². The molecule has 1 amide bonds. The highest BCUT2D eigenvalue weighted by Gasteiger charge is 2.20. The molecule has 1 aliphatic carbocycles. The summed E-state index contributed by atoms with van der Waals surface area (Å²) in [5, 5.41) is 15.9. The number of carbonyl (C=O) groups is 1. The molecule has 3 N–H and O–H groups in total. The molecule has 1 saturated carbocycles. The van der Waals surface area contributed by atoms with Crippen LogP contribution in [0.3, 0.4) is 0 Å². The van der Waals surface area contributed by atoms with Gasteiger partial charge in [0, 0.05) is 25.6 Å². The van der Waals surface area contributed by atoms with Gasteiger partial charge >= 0.3 is 0 Å². The zero-order valence-corrected chi connectivity index (χ0v) is 10.4. The number of nitrogens with one attached hydrogen (secondary N) is 2. The van der Waals surface area contributed by atoms with E-state index < -0.39 is 6.10 Å². The van der Waals surface area contributed by atoms with Gasteiger partial charge in [0.25, 0.3) is 0 Å². The first-order valence-corrected chi connectivity index (χ1v) is 6.49. The van der Waals surface area contributed by atoms with E-state index in [-0.39, 0.29) is 12.5 Å². The Kier molecular flexibility index (Phi) is 4.73. The second-order valence-corrected chi connectivity index (χ2v) is 4.71. The SMILES string of the molecule is O=C(CCNC1CC1)NCC(O)c1ccccc1. The fourth-order valence-electron chi connectivity index (χ4n) is 1.77. The predicted molar refractivity (Wildman–Crippen MR) is 70.1 cm³/mol. The summed E-state index contributed by atoms with van der Waals surface area (Å²) >= 11 is 0. The average molecular weight is 248 g/mol. The Labute approximate surface area is 107 Å². The molecule has 0 spiro atoms. The van der Waals surface area contributed by atoms with Gasteiger partial charge in [-0.1, -0.05) is 30.3 Å². The highest BCUT2D eigenvalue weighted by molar-refractivity contribution is 5.76. The lowest BCUT2D eigenvalue weighted by molar-refractivity contribution is -0.121. The molecule has 1 aromatic carbocycles. The van der Waals surface area contributed by atoms with Gasteiger partial charge in [0.1, 0.15) is 0 Å². The second-order valence-electron chi connectivity index (χ2n) is 4.71. The number of rotatable bonds is 7. The fraction of sp³-hybridized carbons (Fsp3) is 0.500. The quantitative estimate of drug-likeness (QED) is 0.674. The van der Waals surface area contributed by atoms with E-state index in [0.717, 1.165) is 12.1 Å². The van der Waals surface area contributed by atoms with Crippen molar-refractivity contribution in [3.8, 4) is 0 Å². The average Bonchev–Trinajstić information content (AvgIpc) is 3.21. The summed E-state index contributed by atoms with van der Waals surface area (Å²) < 4.78 is 0. The van der Waals surface area contributed by atoms with Gasteiger partial charge in [-0.2, -0.15) is 0 Å². The Morgan fingerprint density at radius 3 is 2.72 bits per heavy atom. The number of carbonyl (C=O) groups excluding carboxylic acids is 1. The summed E-state index contributed by atoms with van der Waals surface area (Å²) in [6.45, 7) is 0.990. The first-order chi connectivity index (χ1) is 8.75. The van der Waals surface area contributed by atoms with Crippen LogP contribution in [0.5, 0.6) is 0 Å². The van der Waals surface area contributed by atoms with Gasteiger partial charge in [-0.25, -0.2) is 0 Å². The molecule has 0 saturated heterocycles. The topological polar surface area (TPSA) is 61.4 Å². The van der Waals surface area contributed by atoms with E-state index in [2.05, 4.69) is 10.6 Å². The van der Waals surface area contributed by atoms with Crippen molar-refractivity contribution in [3.05, 3.63) is 35.9 Å². The van der Waals surface area contributed by atoms with Crippen LogP contribution in [0.25, 0.3) is 0 Å². The maximum atomic E-state index is 11.5. The lowest BCUT2D eigenvalue weighted by atomic mass is 10.1. The maximum absolute atomic E-state index is 11.5. The minimum atomic E-state index is -0.633. The van der Waals surface area contributed by atoms with Crippen molar-refractivity contribution < 1.29 is 9.90 Å². The number of hydrogen-bond donors (Lipinski definition) is 3. The monoisotopic (exact) mass is 248 g/mol. The van der Waals surface area contributed by atoms with Crippen LogP contribution in [0.2, 0.25) is 0 Å². The molecule has 0 aromatic heterocycles. The first-order valence-electron chi connectivity index (χ1n) is 6.49. The Morgan fingerprint density at radius 2 is 2.06 bits per heavy atom. The van der Waals surface area contributed by atoms with E-state index in [9.17, 15) is 9.90 Å². The van der Waals surface area contributed by atoms with Crippen molar-refractivity contribution in [2.45, 2.75) is 31.4 Å². The van der Waals surface area contributed by atoms with E-state index in [1.807, 2.05) is 30.3 Å². The zero-order valence-electron chi connectivity index (χ0n) is 10.4. The van der Waals surface area contributed by atoms with Gasteiger partial charge in [-0.05, 0) is 18.4 Å². The Bertz CT molecular complexity index is 377. The molecule has 0 bridgehead atoms. The van der Waals surface area contributed by atoms with Crippen molar-refractivity contribution >= 4 is 5.91 Å². The van der Waals surface area contributed by atoms with E-state index in [1.54, 1.807) is 0 Å². The van der Waals surface area contributed by atoms with Crippen molar-refractivity contribution in [2.75, 3.05) is 13.1 Å². The number of aliphatic hydroxyl groups excluding tert-OH is 1. The van der Waals surface area contributed by atoms with Gasteiger partial charge < -0.3 is 15.7 Å². The molecule has 0 radical (unpaired) electrons. The summed E-state index contributed by atoms with van der Waals surface area (Å²) in [6.07, 6.45) is 2.30. The molecule has 0 aliphatic heterocycles. The molecule has 1 aromatic rings. The van der Waals surface area contributed by atoms with Crippen LogP contribution in [-0.2, 0) is 4.79 Å². The first kappa shape index (κ1) is 13.1. The maximum Gasteiger partial charge on any atom is 0.221 e. The molecule has 2 rings (SSSR count). The number of amides is 1. The molecule has 1 aliphatic rings. The Morgan fingerprint density at radius 1 is 1.33 bits per heavy atom. The van der Waals surface area contributed by atoms with Gasteiger partial charge in [0.2, 0.25) is 5.91 Å². The van der Waals surface area contributed by atoms with E-state index in [1.165, 1.54) is 12.8 Å². The van der Waals surface area contributed by atoms with Crippen molar-refractivity contribution in [2.24, 2.45) is 0 Å². The van der Waals surface area contributed by atoms with Gasteiger partial charge in [0.15, 0.2) is 0 Å². The van der Waals surface area contributed by atoms with E-state index >= 15 is 0 Å². The summed E-state index contributed by atoms with van der Waals surface area (Å²) in [5.74, 6) is -0.0156. The van der Waals surface area contributed by atoms with Crippen LogP contribution >= 0.6 is 0 Å². The number of hydrogen-bond acceptors (Lipinski definition) is 3. The Balaban J connectivity index is 1.62.